The summed E-state index contributed by atoms with van der Waals surface area (Å²) >= 11 is 0. The number of nitrogens with two attached hydrogens (primary N) is 1. The third-order valence-electron chi connectivity index (χ3n) is 1.34. The molecule has 0 saturated carbocycles. The number of amides is 2. The number of alkyl halides is 2. The zero-order valence-corrected chi connectivity index (χ0v) is 7.77. The summed E-state index contributed by atoms with van der Waals surface area (Å²) in [5.74, 6) is -4.18. The second-order valence-corrected chi connectivity index (χ2v) is 2.75. The van der Waals surface area contributed by atoms with Crippen LogP contribution in [0.2, 0.25) is 0 Å². The van der Waals surface area contributed by atoms with Crippen molar-refractivity contribution in [1.29, 1.82) is 0 Å². The maximum absolute atomic E-state index is 12.5. The summed E-state index contributed by atoms with van der Waals surface area (Å²) < 4.78 is 25.0. The second kappa shape index (κ2) is 5.48. The highest BCUT2D eigenvalue weighted by molar-refractivity contribution is 5.83. The fourth-order valence-corrected chi connectivity index (χ4v) is 0.567. The van der Waals surface area contributed by atoms with Gasteiger partial charge in [-0.2, -0.15) is 0 Å². The Kier molecular flexibility index (Phi) is 5.00. The molecule has 0 aromatic rings. The van der Waals surface area contributed by atoms with Gasteiger partial charge in [-0.25, -0.2) is 8.78 Å². The molecule has 0 unspecified atom stereocenters. The molecule has 0 rings (SSSR count). The molecule has 0 fully saturated rings. The van der Waals surface area contributed by atoms with E-state index in [9.17, 15) is 18.4 Å². The standard InChI is InChI=1S/C7H13F2N3O2/c1-5(13)11-2-6(14)12-4-7(8,9)3-10/h2-4,10H2,1H3,(H,11,13)(H,12,14). The molecule has 0 aliphatic carbocycles. The summed E-state index contributed by atoms with van der Waals surface area (Å²) in [4.78, 5) is 21.2. The summed E-state index contributed by atoms with van der Waals surface area (Å²) in [7, 11) is 0. The normalized spacial score (nSPS) is 10.9. The first-order valence-electron chi connectivity index (χ1n) is 3.96. The molecule has 4 N–H and O–H groups in total. The molecule has 0 saturated heterocycles. The monoisotopic (exact) mass is 209 g/mol. The van der Waals surface area contributed by atoms with Crippen molar-refractivity contribution in [2.75, 3.05) is 19.6 Å². The van der Waals surface area contributed by atoms with E-state index in [0.717, 1.165) is 0 Å². The van der Waals surface area contributed by atoms with Gasteiger partial charge in [-0.3, -0.25) is 9.59 Å². The zero-order valence-electron chi connectivity index (χ0n) is 7.77. The summed E-state index contributed by atoms with van der Waals surface area (Å²) in [6.45, 7) is -0.729. The number of halogens is 2. The number of nitrogens with one attached hydrogen (secondary N) is 2. The minimum Gasteiger partial charge on any atom is -0.348 e. The molecule has 14 heavy (non-hydrogen) atoms. The molecular formula is C7H13F2N3O2. The molecule has 0 spiro atoms. The van der Waals surface area contributed by atoms with E-state index in [1.54, 1.807) is 0 Å². The third kappa shape index (κ3) is 6.30. The number of hydrogen-bond acceptors (Lipinski definition) is 3. The SMILES string of the molecule is CC(=O)NCC(=O)NCC(F)(F)CN. The maximum Gasteiger partial charge on any atom is 0.277 e. The summed E-state index contributed by atoms with van der Waals surface area (Å²) in [6.07, 6.45) is 0. The van der Waals surface area contributed by atoms with Gasteiger partial charge in [-0.1, -0.05) is 0 Å². The van der Waals surface area contributed by atoms with Crippen LogP contribution in [0.3, 0.4) is 0 Å². The Hall–Kier alpha value is -1.24. The van der Waals surface area contributed by atoms with Crippen LogP contribution in [0.1, 0.15) is 6.92 Å². The lowest BCUT2D eigenvalue weighted by Gasteiger charge is -2.14. The van der Waals surface area contributed by atoms with Gasteiger partial charge in [-0.15, -0.1) is 0 Å². The van der Waals surface area contributed by atoms with Gasteiger partial charge in [-0.05, 0) is 0 Å². The molecule has 0 heterocycles. The molecule has 5 nitrogen and oxygen atoms in total. The molecule has 0 radical (unpaired) electrons. The minimum atomic E-state index is -3.11. The molecule has 82 valence electrons. The average Bonchev–Trinajstić information content (AvgIpc) is 2.11. The number of hydrogen-bond donors (Lipinski definition) is 3. The number of carbonyl (C=O) groups excluding carboxylic acids is 2. The smallest absolute Gasteiger partial charge is 0.277 e. The average molecular weight is 209 g/mol. The summed E-state index contributed by atoms with van der Waals surface area (Å²) in [5.41, 5.74) is 4.74. The van der Waals surface area contributed by atoms with E-state index < -0.39 is 30.8 Å². The van der Waals surface area contributed by atoms with Gasteiger partial charge in [0.05, 0.1) is 19.6 Å². The predicted octanol–water partition coefficient (Wildman–Crippen LogP) is -1.17. The molecule has 0 aromatic carbocycles. The van der Waals surface area contributed by atoms with Crippen LogP contribution in [0.15, 0.2) is 0 Å². The quantitative estimate of drug-likeness (QED) is 0.533. The van der Waals surface area contributed by atoms with E-state index in [0.29, 0.717) is 0 Å². The highest BCUT2D eigenvalue weighted by Gasteiger charge is 2.26. The Morgan fingerprint density at radius 3 is 2.36 bits per heavy atom. The Balaban J connectivity index is 3.69. The molecule has 0 aromatic heterocycles. The van der Waals surface area contributed by atoms with Crippen molar-refractivity contribution >= 4 is 11.8 Å². The second-order valence-electron chi connectivity index (χ2n) is 2.75. The van der Waals surface area contributed by atoms with Gasteiger partial charge >= 0.3 is 0 Å². The van der Waals surface area contributed by atoms with Crippen LogP contribution in [-0.4, -0.2) is 37.4 Å². The fourth-order valence-electron chi connectivity index (χ4n) is 0.567. The molecule has 0 atom stereocenters. The predicted molar refractivity (Wildman–Crippen MR) is 45.7 cm³/mol. The van der Waals surface area contributed by atoms with Crippen LogP contribution in [0.5, 0.6) is 0 Å². The Bertz CT molecular complexity index is 221. The largest absolute Gasteiger partial charge is 0.348 e. The topological polar surface area (TPSA) is 84.2 Å². The van der Waals surface area contributed by atoms with Crippen molar-refractivity contribution in [2.24, 2.45) is 5.73 Å². The highest BCUT2D eigenvalue weighted by Crippen LogP contribution is 2.08. The first kappa shape index (κ1) is 12.8. The van der Waals surface area contributed by atoms with Crippen LogP contribution in [0.25, 0.3) is 0 Å². The Morgan fingerprint density at radius 1 is 1.36 bits per heavy atom. The Labute approximate surface area is 80.0 Å². The van der Waals surface area contributed by atoms with Crippen molar-refractivity contribution in [3.8, 4) is 0 Å². The van der Waals surface area contributed by atoms with E-state index in [1.807, 2.05) is 5.32 Å². The minimum absolute atomic E-state index is 0.310. The van der Waals surface area contributed by atoms with E-state index >= 15 is 0 Å². The van der Waals surface area contributed by atoms with Crippen LogP contribution < -0.4 is 16.4 Å². The van der Waals surface area contributed by atoms with E-state index in [1.165, 1.54) is 6.92 Å². The van der Waals surface area contributed by atoms with Crippen LogP contribution >= 0.6 is 0 Å². The first-order valence-corrected chi connectivity index (χ1v) is 3.96. The van der Waals surface area contributed by atoms with Gasteiger partial charge in [0.1, 0.15) is 0 Å². The maximum atomic E-state index is 12.5. The first-order chi connectivity index (χ1) is 6.37. The molecular weight excluding hydrogens is 196 g/mol. The highest BCUT2D eigenvalue weighted by atomic mass is 19.3. The zero-order chi connectivity index (χ0) is 11.2. The lowest BCUT2D eigenvalue weighted by molar-refractivity contribution is -0.126. The molecule has 2 amide bonds. The van der Waals surface area contributed by atoms with Crippen LogP contribution in [-0.2, 0) is 9.59 Å². The Morgan fingerprint density at radius 2 is 1.93 bits per heavy atom. The van der Waals surface area contributed by atoms with Gasteiger partial charge in [0.15, 0.2) is 0 Å². The number of carbonyl (C=O) groups is 2. The van der Waals surface area contributed by atoms with Gasteiger partial charge in [0.25, 0.3) is 5.92 Å². The van der Waals surface area contributed by atoms with Crippen molar-refractivity contribution in [3.05, 3.63) is 0 Å². The molecule has 0 bridgehead atoms. The van der Waals surface area contributed by atoms with E-state index in [-0.39, 0.29) is 6.54 Å². The molecule has 0 aliphatic heterocycles. The van der Waals surface area contributed by atoms with Gasteiger partial charge < -0.3 is 16.4 Å². The van der Waals surface area contributed by atoms with Crippen molar-refractivity contribution < 1.29 is 18.4 Å². The lowest BCUT2D eigenvalue weighted by Crippen LogP contribution is -2.44. The number of rotatable bonds is 5. The van der Waals surface area contributed by atoms with Gasteiger partial charge in [0.2, 0.25) is 11.8 Å². The van der Waals surface area contributed by atoms with Gasteiger partial charge in [0, 0.05) is 6.92 Å². The van der Waals surface area contributed by atoms with Crippen molar-refractivity contribution in [1.82, 2.24) is 10.6 Å². The summed E-state index contributed by atoms with van der Waals surface area (Å²) in [6, 6.07) is 0. The molecule has 7 heteroatoms. The fraction of sp³-hybridized carbons (Fsp3) is 0.714. The summed E-state index contributed by atoms with van der Waals surface area (Å²) in [5, 5.41) is 4.12. The van der Waals surface area contributed by atoms with Crippen molar-refractivity contribution in [3.63, 3.8) is 0 Å². The van der Waals surface area contributed by atoms with Crippen molar-refractivity contribution in [2.45, 2.75) is 12.8 Å². The van der Waals surface area contributed by atoms with E-state index in [2.05, 4.69) is 5.32 Å². The third-order valence-corrected chi connectivity index (χ3v) is 1.34. The van der Waals surface area contributed by atoms with E-state index in [4.69, 9.17) is 5.73 Å². The lowest BCUT2D eigenvalue weighted by atomic mass is 10.3. The van der Waals surface area contributed by atoms with Crippen LogP contribution in [0.4, 0.5) is 8.78 Å². The van der Waals surface area contributed by atoms with Crippen LogP contribution in [0, 0.1) is 0 Å². The molecule has 0 aliphatic rings.